The van der Waals surface area contributed by atoms with Gasteiger partial charge in [-0.3, -0.25) is 0 Å². The third-order valence-corrected chi connectivity index (χ3v) is 6.40. The molecule has 1 heterocycles. The van der Waals surface area contributed by atoms with Gasteiger partial charge >= 0.3 is 0 Å². The van der Waals surface area contributed by atoms with Crippen LogP contribution in [0.2, 0.25) is 0 Å². The number of hydrogen-bond acceptors (Lipinski definition) is 0. The molecule has 0 aliphatic carbocycles. The molecule has 0 bridgehead atoms. The van der Waals surface area contributed by atoms with Gasteiger partial charge in [0.15, 0.2) is 6.20 Å². The van der Waals surface area contributed by atoms with Crippen LogP contribution in [0.5, 0.6) is 0 Å². The normalized spacial score (nSPS) is 11.1. The summed E-state index contributed by atoms with van der Waals surface area (Å²) in [5.74, 6) is 0. The number of aryl methyl sites for hydroxylation is 2. The molecule has 0 saturated heterocycles. The van der Waals surface area contributed by atoms with E-state index in [0.29, 0.717) is 0 Å². The van der Waals surface area contributed by atoms with Crippen LogP contribution in [0.15, 0.2) is 97.2 Å². The van der Waals surface area contributed by atoms with Gasteiger partial charge in [0.05, 0.1) is 0 Å². The fourth-order valence-electron chi connectivity index (χ4n) is 4.75. The van der Waals surface area contributed by atoms with E-state index >= 15 is 0 Å². The quantitative estimate of drug-likeness (QED) is 0.135. The van der Waals surface area contributed by atoms with Gasteiger partial charge in [-0.25, -0.2) is 4.57 Å². The fraction of sp³-hybridized carbons (Fsp3) is 0.0645. The molecule has 6 rings (SSSR count). The Kier molecular flexibility index (Phi) is 5.87. The van der Waals surface area contributed by atoms with Crippen molar-refractivity contribution in [1.82, 2.24) is 0 Å². The predicted molar refractivity (Wildman–Crippen MR) is 133 cm³/mol. The van der Waals surface area contributed by atoms with E-state index in [1.807, 2.05) is 0 Å². The zero-order valence-electron chi connectivity index (χ0n) is 18.8. The molecule has 2 heteroatoms. The molecule has 0 aliphatic heterocycles. The van der Waals surface area contributed by atoms with Crippen LogP contribution in [0.1, 0.15) is 5.56 Å². The number of benzene rings is 5. The molecule has 155 valence electrons. The summed E-state index contributed by atoms with van der Waals surface area (Å²) in [6.07, 6.45) is 2.08. The van der Waals surface area contributed by atoms with Crippen LogP contribution in [0.25, 0.3) is 54.7 Å². The van der Waals surface area contributed by atoms with Crippen molar-refractivity contribution >= 4 is 32.3 Å². The summed E-state index contributed by atoms with van der Waals surface area (Å²) < 4.78 is 2.15. The summed E-state index contributed by atoms with van der Waals surface area (Å²) in [6, 6.07) is 39.8. The second-order valence-corrected chi connectivity index (χ2v) is 8.38. The van der Waals surface area contributed by atoms with E-state index in [0.717, 1.165) is 27.8 Å². The summed E-state index contributed by atoms with van der Waals surface area (Å²) in [5.41, 5.74) is 5.63. The minimum atomic E-state index is 0. The standard InChI is InChI=1S/C31H22N.Y/c1-21-14-15-22(19-29(21)31-13-7-8-18-32(31)2)23-16-17-28-26-11-4-3-9-24(26)25-10-5-6-12-27(25)30(28)20-23;/h3-18H,1-2H3;/q-1;. The zero-order valence-corrected chi connectivity index (χ0v) is 21.6. The topological polar surface area (TPSA) is 3.88 Å². The summed E-state index contributed by atoms with van der Waals surface area (Å²) in [7, 11) is 2.08. The Morgan fingerprint density at radius 3 is 1.82 bits per heavy atom. The maximum Gasteiger partial charge on any atom is 0.161 e. The first-order valence-electron chi connectivity index (χ1n) is 10.9. The van der Waals surface area contributed by atoms with E-state index in [-0.39, 0.29) is 32.7 Å². The Labute approximate surface area is 219 Å². The smallest absolute Gasteiger partial charge is 0.161 e. The second-order valence-electron chi connectivity index (χ2n) is 8.38. The van der Waals surface area contributed by atoms with Crippen LogP contribution in [-0.4, -0.2) is 0 Å². The molecule has 33 heavy (non-hydrogen) atoms. The molecule has 0 aliphatic rings. The minimum Gasteiger partial charge on any atom is -0.234 e. The van der Waals surface area contributed by atoms with E-state index in [2.05, 4.69) is 128 Å². The molecular weight excluding hydrogens is 475 g/mol. The maximum atomic E-state index is 3.75. The first-order chi connectivity index (χ1) is 15.7. The summed E-state index contributed by atoms with van der Waals surface area (Å²) in [4.78, 5) is 0. The number of pyridine rings is 1. The van der Waals surface area contributed by atoms with Crippen molar-refractivity contribution in [2.45, 2.75) is 6.92 Å². The van der Waals surface area contributed by atoms with Gasteiger partial charge in [-0.2, -0.15) is 35.4 Å². The van der Waals surface area contributed by atoms with Gasteiger partial charge in [-0.05, 0) is 22.2 Å². The second kappa shape index (κ2) is 8.82. The fourth-order valence-corrected chi connectivity index (χ4v) is 4.75. The van der Waals surface area contributed by atoms with E-state index < -0.39 is 0 Å². The van der Waals surface area contributed by atoms with Gasteiger partial charge in [0.1, 0.15) is 12.7 Å². The van der Waals surface area contributed by atoms with Crippen LogP contribution in [-0.2, 0) is 39.8 Å². The Morgan fingerprint density at radius 1 is 0.576 bits per heavy atom. The molecule has 0 unspecified atom stereocenters. The maximum absolute atomic E-state index is 3.75. The van der Waals surface area contributed by atoms with E-state index in [1.54, 1.807) is 0 Å². The van der Waals surface area contributed by atoms with Crippen LogP contribution < -0.4 is 4.57 Å². The Morgan fingerprint density at radius 2 is 1.12 bits per heavy atom. The van der Waals surface area contributed by atoms with Crippen molar-refractivity contribution < 1.29 is 37.3 Å². The first kappa shape index (κ1) is 22.0. The van der Waals surface area contributed by atoms with Crippen molar-refractivity contribution in [3.05, 3.63) is 115 Å². The molecule has 5 aromatic carbocycles. The van der Waals surface area contributed by atoms with Crippen LogP contribution in [0.3, 0.4) is 0 Å². The van der Waals surface area contributed by atoms with Crippen molar-refractivity contribution in [3.8, 4) is 22.4 Å². The largest absolute Gasteiger partial charge is 0.234 e. The van der Waals surface area contributed by atoms with Crippen LogP contribution >= 0.6 is 0 Å². The van der Waals surface area contributed by atoms with Gasteiger partial charge < -0.3 is 0 Å². The van der Waals surface area contributed by atoms with Gasteiger partial charge in [-0.15, -0.1) is 23.1 Å². The molecule has 0 saturated carbocycles. The molecule has 0 N–H and O–H groups in total. The van der Waals surface area contributed by atoms with Crippen LogP contribution in [0, 0.1) is 19.1 Å². The number of aromatic nitrogens is 1. The average Bonchev–Trinajstić information content (AvgIpc) is 2.85. The monoisotopic (exact) mass is 497 g/mol. The molecule has 1 radical (unpaired) electrons. The molecule has 1 nitrogen and oxygen atoms in total. The predicted octanol–water partition coefficient (Wildman–Crippen LogP) is 7.21. The molecular formula is C31H22NY-. The van der Waals surface area contributed by atoms with E-state index in [4.69, 9.17) is 0 Å². The van der Waals surface area contributed by atoms with Crippen molar-refractivity contribution in [2.75, 3.05) is 0 Å². The SMILES string of the molecule is Cc1ccc(-c2[c-]c3c4ccccc4c4ccccc4c3cc2)[c-]c1-c1cccc[n+]1C.[Y]. The Bertz CT molecular complexity index is 1610. The molecule has 1 aromatic heterocycles. The number of nitrogens with zero attached hydrogens (tertiary/aromatic N) is 1. The van der Waals surface area contributed by atoms with E-state index in [9.17, 15) is 0 Å². The third kappa shape index (κ3) is 3.70. The number of hydrogen-bond donors (Lipinski definition) is 0. The average molecular weight is 497 g/mol. The number of rotatable bonds is 2. The van der Waals surface area contributed by atoms with Gasteiger partial charge in [-0.1, -0.05) is 77.9 Å². The molecule has 6 aromatic rings. The molecule has 0 fully saturated rings. The Hall–Kier alpha value is -2.87. The van der Waals surface area contributed by atoms with Crippen molar-refractivity contribution in [3.63, 3.8) is 0 Å². The van der Waals surface area contributed by atoms with Crippen molar-refractivity contribution in [2.24, 2.45) is 7.05 Å². The van der Waals surface area contributed by atoms with Gasteiger partial charge in [0.2, 0.25) is 0 Å². The molecule has 0 spiro atoms. The Balaban J connectivity index is 0.00000228. The van der Waals surface area contributed by atoms with Crippen LogP contribution in [0.4, 0.5) is 0 Å². The summed E-state index contributed by atoms with van der Waals surface area (Å²) in [5, 5.41) is 7.48. The third-order valence-electron chi connectivity index (χ3n) is 6.40. The van der Waals surface area contributed by atoms with Crippen molar-refractivity contribution in [1.29, 1.82) is 0 Å². The first-order valence-corrected chi connectivity index (χ1v) is 10.9. The number of fused-ring (bicyclic) bond motifs is 6. The van der Waals surface area contributed by atoms with E-state index in [1.165, 1.54) is 32.5 Å². The summed E-state index contributed by atoms with van der Waals surface area (Å²) in [6.45, 7) is 2.15. The zero-order chi connectivity index (χ0) is 21.7. The summed E-state index contributed by atoms with van der Waals surface area (Å²) >= 11 is 0. The minimum absolute atomic E-state index is 0. The van der Waals surface area contributed by atoms with Gasteiger partial charge in [0, 0.05) is 38.8 Å². The van der Waals surface area contributed by atoms with Gasteiger partial charge in [0.25, 0.3) is 0 Å². The molecule has 0 atom stereocenters. The molecule has 0 amide bonds.